The fraction of sp³-hybridized carbons (Fsp3) is 0.300. The molecule has 1 fully saturated rings. The van der Waals surface area contributed by atoms with Crippen molar-refractivity contribution in [2.75, 3.05) is 0 Å². The number of imide groups is 1. The maximum atomic E-state index is 12.9. The molecular formula is C20H17F3N2O4S. The third kappa shape index (κ3) is 3.72. The number of benzene rings is 2. The predicted molar refractivity (Wildman–Crippen MR) is 99.4 cm³/mol. The number of rotatable bonds is 3. The van der Waals surface area contributed by atoms with Crippen LogP contribution in [0.15, 0.2) is 47.4 Å². The maximum absolute atomic E-state index is 12.9. The lowest BCUT2D eigenvalue weighted by molar-refractivity contribution is -0.138. The monoisotopic (exact) mass is 438 g/mol. The summed E-state index contributed by atoms with van der Waals surface area (Å²) in [6.07, 6.45) is -3.92. The first-order valence-corrected chi connectivity index (χ1v) is 10.6. The van der Waals surface area contributed by atoms with Crippen molar-refractivity contribution in [2.45, 2.75) is 42.9 Å². The minimum atomic E-state index is -4.54. The lowest BCUT2D eigenvalue weighted by atomic mass is 9.89. The summed E-state index contributed by atoms with van der Waals surface area (Å²) in [5, 5.41) is 2.30. The normalized spacial score (nSPS) is 20.2. The summed E-state index contributed by atoms with van der Waals surface area (Å²) in [6.45, 7) is 0.147. The number of nitrogens with zero attached hydrogens (tertiary/aromatic N) is 1. The molecule has 0 spiro atoms. The molecule has 1 atom stereocenters. The van der Waals surface area contributed by atoms with Crippen LogP contribution in [-0.4, -0.2) is 24.5 Å². The van der Waals surface area contributed by atoms with E-state index >= 15 is 0 Å². The second-order valence-electron chi connectivity index (χ2n) is 7.33. The number of hydrogen-bond donors (Lipinski definition) is 1. The number of fused-ring (bicyclic) bond motifs is 1. The first-order chi connectivity index (χ1) is 14.1. The third-order valence-electron chi connectivity index (χ3n) is 5.38. The summed E-state index contributed by atoms with van der Waals surface area (Å²) in [4.78, 5) is 23.2. The first-order valence-electron chi connectivity index (χ1n) is 9.18. The zero-order valence-corrected chi connectivity index (χ0v) is 16.4. The van der Waals surface area contributed by atoms with E-state index in [2.05, 4.69) is 5.32 Å². The van der Waals surface area contributed by atoms with E-state index in [4.69, 9.17) is 0 Å². The SMILES string of the molecule is O=C1CCC(c2ccc3c(c2)CN(S(=O)(=O)c2ccc(C(F)(F)F)cc2)C3)C(=O)N1. The highest BCUT2D eigenvalue weighted by molar-refractivity contribution is 7.89. The number of carbonyl (C=O) groups is 2. The highest BCUT2D eigenvalue weighted by atomic mass is 32.2. The molecule has 2 aromatic carbocycles. The quantitative estimate of drug-likeness (QED) is 0.747. The van der Waals surface area contributed by atoms with Crippen LogP contribution in [0, 0.1) is 0 Å². The molecule has 1 unspecified atom stereocenters. The molecule has 4 rings (SSSR count). The molecule has 0 saturated carbocycles. The van der Waals surface area contributed by atoms with Gasteiger partial charge in [0.1, 0.15) is 0 Å². The lowest BCUT2D eigenvalue weighted by Gasteiger charge is -2.21. The van der Waals surface area contributed by atoms with Crippen LogP contribution in [0.3, 0.4) is 0 Å². The Hall–Kier alpha value is -2.72. The van der Waals surface area contributed by atoms with Gasteiger partial charge in [0, 0.05) is 19.5 Å². The van der Waals surface area contributed by atoms with Gasteiger partial charge in [-0.25, -0.2) is 8.42 Å². The second kappa shape index (κ2) is 7.21. The Balaban J connectivity index is 1.55. The summed E-state index contributed by atoms with van der Waals surface area (Å²) in [6, 6.07) is 8.65. The minimum absolute atomic E-state index is 0.0554. The highest BCUT2D eigenvalue weighted by Crippen LogP contribution is 2.34. The number of halogens is 3. The van der Waals surface area contributed by atoms with Crippen LogP contribution in [-0.2, 0) is 38.9 Å². The summed E-state index contributed by atoms with van der Waals surface area (Å²) in [5.74, 6) is -1.17. The zero-order chi connectivity index (χ0) is 21.7. The Morgan fingerprint density at radius 1 is 0.967 bits per heavy atom. The molecule has 0 bridgehead atoms. The predicted octanol–water partition coefficient (Wildman–Crippen LogP) is 2.93. The number of alkyl halides is 3. The van der Waals surface area contributed by atoms with Gasteiger partial charge in [0.15, 0.2) is 0 Å². The summed E-state index contributed by atoms with van der Waals surface area (Å²) in [5.41, 5.74) is 1.28. The molecule has 1 saturated heterocycles. The summed E-state index contributed by atoms with van der Waals surface area (Å²) in [7, 11) is -3.98. The molecular weight excluding hydrogens is 421 g/mol. The lowest BCUT2D eigenvalue weighted by Crippen LogP contribution is -2.39. The van der Waals surface area contributed by atoms with E-state index in [1.54, 1.807) is 18.2 Å². The van der Waals surface area contributed by atoms with E-state index < -0.39 is 27.7 Å². The van der Waals surface area contributed by atoms with Crippen molar-refractivity contribution in [1.29, 1.82) is 0 Å². The van der Waals surface area contributed by atoms with Crippen molar-refractivity contribution in [3.8, 4) is 0 Å². The fourth-order valence-electron chi connectivity index (χ4n) is 3.75. The van der Waals surface area contributed by atoms with Gasteiger partial charge in [0.2, 0.25) is 21.8 Å². The summed E-state index contributed by atoms with van der Waals surface area (Å²) >= 11 is 0. The number of amides is 2. The average molecular weight is 438 g/mol. The van der Waals surface area contributed by atoms with Crippen LogP contribution in [0.25, 0.3) is 0 Å². The van der Waals surface area contributed by atoms with Crippen molar-refractivity contribution in [2.24, 2.45) is 0 Å². The van der Waals surface area contributed by atoms with E-state index in [9.17, 15) is 31.2 Å². The molecule has 0 aliphatic carbocycles. The number of sulfonamides is 1. The van der Waals surface area contributed by atoms with Crippen molar-refractivity contribution in [3.05, 3.63) is 64.7 Å². The van der Waals surface area contributed by atoms with Crippen molar-refractivity contribution in [1.82, 2.24) is 9.62 Å². The van der Waals surface area contributed by atoms with Crippen LogP contribution in [0.5, 0.6) is 0 Å². The standard InChI is InChI=1S/C20H17F3N2O4S/c21-20(22,23)15-3-5-16(6-4-15)30(28,29)25-10-13-2-1-12(9-14(13)11-25)17-7-8-18(26)24-19(17)27/h1-6,9,17H,7-8,10-11H2,(H,24,26,27). The second-order valence-corrected chi connectivity index (χ2v) is 9.27. The van der Waals surface area contributed by atoms with E-state index in [1.165, 1.54) is 4.31 Å². The molecule has 158 valence electrons. The Morgan fingerprint density at radius 2 is 1.63 bits per heavy atom. The van der Waals surface area contributed by atoms with Crippen molar-refractivity contribution < 1.29 is 31.2 Å². The Kier molecular flexibility index (Phi) is 4.94. The van der Waals surface area contributed by atoms with Gasteiger partial charge in [0.05, 0.1) is 16.4 Å². The fourth-order valence-corrected chi connectivity index (χ4v) is 5.14. The van der Waals surface area contributed by atoms with Crippen LogP contribution in [0.1, 0.15) is 41.0 Å². The Morgan fingerprint density at radius 3 is 2.27 bits per heavy atom. The molecule has 2 aliphatic rings. The van der Waals surface area contributed by atoms with Gasteiger partial charge in [-0.1, -0.05) is 18.2 Å². The van der Waals surface area contributed by atoms with E-state index in [-0.39, 0.29) is 36.2 Å². The minimum Gasteiger partial charge on any atom is -0.296 e. The zero-order valence-electron chi connectivity index (χ0n) is 15.6. The molecule has 1 N–H and O–H groups in total. The number of nitrogens with one attached hydrogen (secondary N) is 1. The molecule has 10 heteroatoms. The molecule has 0 aromatic heterocycles. The largest absolute Gasteiger partial charge is 0.416 e. The van der Waals surface area contributed by atoms with E-state index in [0.717, 1.165) is 35.4 Å². The first kappa shape index (κ1) is 20.5. The van der Waals surface area contributed by atoms with Gasteiger partial charge in [-0.05, 0) is 47.4 Å². The topological polar surface area (TPSA) is 83.6 Å². The Bertz CT molecular complexity index is 1130. The number of piperidine rings is 1. The highest BCUT2D eigenvalue weighted by Gasteiger charge is 2.34. The number of hydrogen-bond acceptors (Lipinski definition) is 4. The smallest absolute Gasteiger partial charge is 0.296 e. The molecule has 2 aliphatic heterocycles. The maximum Gasteiger partial charge on any atom is 0.416 e. The average Bonchev–Trinajstić information content (AvgIpc) is 3.11. The molecule has 0 radical (unpaired) electrons. The molecule has 6 nitrogen and oxygen atoms in total. The van der Waals surface area contributed by atoms with Crippen LogP contribution >= 0.6 is 0 Å². The summed E-state index contributed by atoms with van der Waals surface area (Å²) < 4.78 is 65.1. The van der Waals surface area contributed by atoms with Crippen molar-refractivity contribution in [3.63, 3.8) is 0 Å². The van der Waals surface area contributed by atoms with E-state index in [1.807, 2.05) is 0 Å². The van der Waals surface area contributed by atoms with E-state index in [0.29, 0.717) is 12.0 Å². The van der Waals surface area contributed by atoms with Gasteiger partial charge < -0.3 is 0 Å². The third-order valence-corrected chi connectivity index (χ3v) is 7.19. The van der Waals surface area contributed by atoms with Crippen molar-refractivity contribution >= 4 is 21.8 Å². The molecule has 2 aromatic rings. The van der Waals surface area contributed by atoms with Gasteiger partial charge in [0.25, 0.3) is 0 Å². The molecule has 30 heavy (non-hydrogen) atoms. The van der Waals surface area contributed by atoms with Gasteiger partial charge in [-0.15, -0.1) is 0 Å². The molecule has 2 heterocycles. The van der Waals surface area contributed by atoms with Gasteiger partial charge in [-0.3, -0.25) is 14.9 Å². The van der Waals surface area contributed by atoms with Crippen LogP contribution < -0.4 is 5.32 Å². The molecule has 2 amide bonds. The van der Waals surface area contributed by atoms with Crippen LogP contribution in [0.4, 0.5) is 13.2 Å². The van der Waals surface area contributed by atoms with Crippen LogP contribution in [0.2, 0.25) is 0 Å². The van der Waals surface area contributed by atoms with Gasteiger partial charge >= 0.3 is 6.18 Å². The number of carbonyl (C=O) groups excluding carboxylic acids is 2. The van der Waals surface area contributed by atoms with Gasteiger partial charge in [-0.2, -0.15) is 17.5 Å². The Labute approximate surface area is 170 Å².